The highest BCUT2D eigenvalue weighted by atomic mass is 32.1. The van der Waals surface area contributed by atoms with Crippen LogP contribution < -0.4 is 0 Å². The Morgan fingerprint density at radius 3 is 2.81 bits per heavy atom. The molecule has 0 aromatic carbocycles. The molecule has 0 N–H and O–H groups in total. The van der Waals surface area contributed by atoms with Crippen LogP contribution in [0.1, 0.15) is 53.7 Å². The van der Waals surface area contributed by atoms with Gasteiger partial charge in [0.15, 0.2) is 5.82 Å². The summed E-state index contributed by atoms with van der Waals surface area (Å²) in [6.07, 6.45) is 0.721. The molecule has 0 atom stereocenters. The van der Waals surface area contributed by atoms with Crippen LogP contribution in [-0.4, -0.2) is 41.7 Å². The van der Waals surface area contributed by atoms with E-state index < -0.39 is 0 Å². The lowest BCUT2D eigenvalue weighted by molar-refractivity contribution is 0.0710. The fourth-order valence-electron chi connectivity index (χ4n) is 2.53. The van der Waals surface area contributed by atoms with Crippen LogP contribution in [0, 0.1) is 0 Å². The van der Waals surface area contributed by atoms with Gasteiger partial charge >= 0.3 is 0 Å². The Balaban J connectivity index is 1.82. The molecule has 2 aromatic rings. The lowest BCUT2D eigenvalue weighted by Crippen LogP contribution is -2.38. The van der Waals surface area contributed by atoms with Crippen molar-refractivity contribution < 1.29 is 4.79 Å². The number of fused-ring (bicyclic) bond motifs is 1. The molecule has 0 spiro atoms. The molecule has 0 fully saturated rings. The van der Waals surface area contributed by atoms with Crippen LogP contribution in [0.2, 0.25) is 0 Å². The minimum absolute atomic E-state index is 0.00203. The molecular formula is C13H18N6OS. The number of rotatable bonds is 3. The average molecular weight is 306 g/mol. The van der Waals surface area contributed by atoms with Crippen LogP contribution in [0.4, 0.5) is 0 Å². The van der Waals surface area contributed by atoms with Crippen molar-refractivity contribution in [2.24, 2.45) is 0 Å². The van der Waals surface area contributed by atoms with Crippen molar-refractivity contribution in [3.8, 4) is 0 Å². The third kappa shape index (κ3) is 2.44. The first kappa shape index (κ1) is 14.1. The van der Waals surface area contributed by atoms with E-state index >= 15 is 0 Å². The number of hydrogen-bond acceptors (Lipinski definition) is 6. The normalized spacial score (nSPS) is 14.6. The quantitative estimate of drug-likeness (QED) is 0.858. The summed E-state index contributed by atoms with van der Waals surface area (Å²) in [5, 5.41) is 12.5. The summed E-state index contributed by atoms with van der Waals surface area (Å²) in [5.41, 5.74) is 0.778. The largest absolute Gasteiger partial charge is 0.328 e. The summed E-state index contributed by atoms with van der Waals surface area (Å²) >= 11 is 1.17. The van der Waals surface area contributed by atoms with E-state index in [1.807, 2.05) is 11.8 Å². The molecular weight excluding hydrogens is 288 g/mol. The molecule has 0 radical (unpaired) electrons. The van der Waals surface area contributed by atoms with Crippen LogP contribution in [0.5, 0.6) is 0 Å². The van der Waals surface area contributed by atoms with Gasteiger partial charge in [0.1, 0.15) is 10.7 Å². The molecule has 1 aliphatic heterocycles. The number of carbonyl (C=O) groups is 1. The Bertz CT molecular complexity index is 661. The van der Waals surface area contributed by atoms with E-state index in [0.717, 1.165) is 30.3 Å². The second-order valence-corrected chi connectivity index (χ2v) is 6.16. The second-order valence-electron chi connectivity index (χ2n) is 5.41. The molecule has 0 bridgehead atoms. The fourth-order valence-corrected chi connectivity index (χ4v) is 3.25. The first-order valence-corrected chi connectivity index (χ1v) is 7.91. The minimum atomic E-state index is 0.00203. The average Bonchev–Trinajstić information content (AvgIpc) is 3.11. The van der Waals surface area contributed by atoms with Crippen LogP contribution >= 0.6 is 11.5 Å². The van der Waals surface area contributed by atoms with E-state index in [0.29, 0.717) is 23.9 Å². The summed E-state index contributed by atoms with van der Waals surface area (Å²) in [7, 11) is 0. The molecule has 1 amide bonds. The zero-order chi connectivity index (χ0) is 15.0. The summed E-state index contributed by atoms with van der Waals surface area (Å²) < 4.78 is 6.02. The van der Waals surface area contributed by atoms with Crippen molar-refractivity contribution in [3.63, 3.8) is 0 Å². The van der Waals surface area contributed by atoms with Crippen molar-refractivity contribution >= 4 is 17.4 Å². The smallest absolute Gasteiger partial charge is 0.267 e. The highest BCUT2D eigenvalue weighted by molar-refractivity contribution is 7.07. The van der Waals surface area contributed by atoms with E-state index in [1.165, 1.54) is 11.5 Å². The van der Waals surface area contributed by atoms with Gasteiger partial charge in [-0.1, -0.05) is 25.3 Å². The van der Waals surface area contributed by atoms with Crippen LogP contribution in [-0.2, 0) is 19.5 Å². The number of amides is 1. The lowest BCUT2D eigenvalue weighted by Gasteiger charge is -2.27. The van der Waals surface area contributed by atoms with Gasteiger partial charge in [-0.2, -0.15) is 0 Å². The third-order valence-electron chi connectivity index (χ3n) is 3.67. The molecule has 0 saturated heterocycles. The SMILES string of the molecule is CCc1nnsc1C(=O)N1CCn2c(nnc2C(C)C)C1. The standard InChI is InChI=1S/C13H18N6OS/c1-4-9-11(21-17-14-9)13(20)18-5-6-19-10(7-18)15-16-12(19)8(2)3/h8H,4-7H2,1-3H3. The summed E-state index contributed by atoms with van der Waals surface area (Å²) in [5.74, 6) is 2.19. The molecule has 0 saturated carbocycles. The predicted molar refractivity (Wildman–Crippen MR) is 78.1 cm³/mol. The molecule has 0 aliphatic carbocycles. The number of aromatic nitrogens is 5. The van der Waals surface area contributed by atoms with Gasteiger partial charge in [0.25, 0.3) is 5.91 Å². The Kier molecular flexibility index (Phi) is 3.71. The van der Waals surface area contributed by atoms with Gasteiger partial charge in [-0.05, 0) is 18.0 Å². The van der Waals surface area contributed by atoms with Gasteiger partial charge in [0.05, 0.1) is 12.2 Å². The van der Waals surface area contributed by atoms with Crippen molar-refractivity contribution in [2.75, 3.05) is 6.54 Å². The lowest BCUT2D eigenvalue weighted by atomic mass is 10.2. The summed E-state index contributed by atoms with van der Waals surface area (Å²) in [4.78, 5) is 15.0. The van der Waals surface area contributed by atoms with E-state index in [9.17, 15) is 4.79 Å². The predicted octanol–water partition coefficient (Wildman–Crippen LogP) is 1.47. The van der Waals surface area contributed by atoms with E-state index in [4.69, 9.17) is 0 Å². The Morgan fingerprint density at radius 1 is 1.29 bits per heavy atom. The number of carbonyl (C=O) groups excluding carboxylic acids is 1. The maximum absolute atomic E-state index is 12.6. The highest BCUT2D eigenvalue weighted by Crippen LogP contribution is 2.21. The van der Waals surface area contributed by atoms with Crippen molar-refractivity contribution in [3.05, 3.63) is 22.2 Å². The molecule has 112 valence electrons. The zero-order valence-electron chi connectivity index (χ0n) is 12.4. The Hall–Kier alpha value is -1.83. The van der Waals surface area contributed by atoms with E-state index in [1.54, 1.807) is 0 Å². The molecule has 8 heteroatoms. The van der Waals surface area contributed by atoms with Crippen molar-refractivity contribution in [2.45, 2.75) is 46.2 Å². The number of hydrogen-bond donors (Lipinski definition) is 0. The van der Waals surface area contributed by atoms with Gasteiger partial charge in [-0.15, -0.1) is 15.3 Å². The highest BCUT2D eigenvalue weighted by Gasteiger charge is 2.28. The molecule has 3 heterocycles. The van der Waals surface area contributed by atoms with Gasteiger partial charge < -0.3 is 9.47 Å². The summed E-state index contributed by atoms with van der Waals surface area (Å²) in [6.45, 7) is 8.10. The Morgan fingerprint density at radius 2 is 2.10 bits per heavy atom. The Labute approximate surface area is 127 Å². The summed E-state index contributed by atoms with van der Waals surface area (Å²) in [6, 6.07) is 0. The first-order chi connectivity index (χ1) is 10.1. The maximum Gasteiger partial charge on any atom is 0.267 e. The topological polar surface area (TPSA) is 76.8 Å². The van der Waals surface area contributed by atoms with Crippen LogP contribution in [0.25, 0.3) is 0 Å². The molecule has 21 heavy (non-hydrogen) atoms. The third-order valence-corrected chi connectivity index (χ3v) is 4.43. The molecule has 2 aromatic heterocycles. The van der Waals surface area contributed by atoms with Gasteiger partial charge in [-0.3, -0.25) is 4.79 Å². The van der Waals surface area contributed by atoms with Crippen LogP contribution in [0.3, 0.4) is 0 Å². The van der Waals surface area contributed by atoms with Crippen molar-refractivity contribution in [1.82, 2.24) is 29.3 Å². The maximum atomic E-state index is 12.6. The van der Waals surface area contributed by atoms with Crippen LogP contribution in [0.15, 0.2) is 0 Å². The molecule has 3 rings (SSSR count). The van der Waals surface area contributed by atoms with Gasteiger partial charge in [0, 0.05) is 19.0 Å². The first-order valence-electron chi connectivity index (χ1n) is 7.14. The minimum Gasteiger partial charge on any atom is -0.328 e. The monoisotopic (exact) mass is 306 g/mol. The van der Waals surface area contributed by atoms with Gasteiger partial charge in [-0.25, -0.2) is 0 Å². The zero-order valence-corrected chi connectivity index (χ0v) is 13.2. The van der Waals surface area contributed by atoms with E-state index in [2.05, 4.69) is 38.2 Å². The van der Waals surface area contributed by atoms with Crippen molar-refractivity contribution in [1.29, 1.82) is 0 Å². The number of aryl methyl sites for hydroxylation is 1. The molecule has 0 unspecified atom stereocenters. The molecule has 7 nitrogen and oxygen atoms in total. The number of nitrogens with zero attached hydrogens (tertiary/aromatic N) is 6. The second kappa shape index (κ2) is 5.51. The molecule has 1 aliphatic rings. The van der Waals surface area contributed by atoms with Gasteiger partial charge in [0.2, 0.25) is 0 Å². The fraction of sp³-hybridized carbons (Fsp3) is 0.615. The van der Waals surface area contributed by atoms with E-state index in [-0.39, 0.29) is 5.91 Å².